The molecule has 0 aromatic heterocycles. The Bertz CT molecular complexity index is 1710. The lowest BCUT2D eigenvalue weighted by atomic mass is 9.60. The van der Waals surface area contributed by atoms with Crippen LogP contribution >= 0.6 is 0 Å². The zero-order chi connectivity index (χ0) is 42.3. The number of hydrogen-bond donors (Lipinski definition) is 1. The molecule has 1 N–H and O–H groups in total. The van der Waals surface area contributed by atoms with E-state index in [2.05, 4.69) is 63.4 Å². The first-order valence-corrected chi connectivity index (χ1v) is 27.2. The molecule has 1 aliphatic heterocycles. The van der Waals surface area contributed by atoms with Gasteiger partial charge < -0.3 is 5.32 Å². The molecule has 0 spiro atoms. The molecule has 336 valence electrons. The predicted molar refractivity (Wildman–Crippen MR) is 262 cm³/mol. The average molecular weight is 826 g/mol. The van der Waals surface area contributed by atoms with Crippen molar-refractivity contribution >= 4 is 0 Å². The number of allylic oxidation sites excluding steroid dienone is 9. The van der Waals surface area contributed by atoms with Crippen molar-refractivity contribution in [2.45, 2.75) is 207 Å². The van der Waals surface area contributed by atoms with Crippen LogP contribution in [0.1, 0.15) is 195 Å². The molecule has 1 heterocycles. The Hall–Kier alpha value is -1.86. The molecule has 15 atom stereocenters. The molecule has 3 saturated carbocycles. The minimum absolute atomic E-state index is 0.403. The van der Waals surface area contributed by atoms with E-state index in [0.29, 0.717) is 47.1 Å². The zero-order valence-corrected chi connectivity index (χ0v) is 40.1. The van der Waals surface area contributed by atoms with E-state index in [9.17, 15) is 0 Å². The molecule has 14 unspecified atom stereocenters. The van der Waals surface area contributed by atoms with Crippen molar-refractivity contribution in [3.63, 3.8) is 0 Å². The normalized spacial score (nSPS) is 40.6. The molecule has 9 aliphatic rings. The van der Waals surface area contributed by atoms with Gasteiger partial charge in [0.15, 0.2) is 0 Å². The summed E-state index contributed by atoms with van der Waals surface area (Å²) in [5.41, 5.74) is 10.9. The summed E-state index contributed by atoms with van der Waals surface area (Å²) in [5.74, 6) is 9.88. The van der Waals surface area contributed by atoms with Crippen LogP contribution in [0.5, 0.6) is 0 Å². The second kappa shape index (κ2) is 19.3. The van der Waals surface area contributed by atoms with Crippen molar-refractivity contribution in [2.24, 2.45) is 82.3 Å². The van der Waals surface area contributed by atoms with Crippen molar-refractivity contribution in [2.75, 3.05) is 0 Å². The topological polar surface area (TPSA) is 12.0 Å². The molecule has 4 fully saturated rings. The van der Waals surface area contributed by atoms with Gasteiger partial charge in [-0.1, -0.05) is 156 Å². The third-order valence-electron chi connectivity index (χ3n) is 20.4. The highest BCUT2D eigenvalue weighted by molar-refractivity contribution is 5.39. The number of piperidine rings is 1. The second-order valence-electron chi connectivity index (χ2n) is 23.9. The van der Waals surface area contributed by atoms with Crippen LogP contribution < -0.4 is 5.32 Å². The smallest absolute Gasteiger partial charge is 0.0287 e. The Labute approximate surface area is 376 Å². The maximum atomic E-state index is 5.19. The number of fused-ring (bicyclic) bond motifs is 3. The molecule has 61 heavy (non-hydrogen) atoms. The molecule has 0 bridgehead atoms. The van der Waals surface area contributed by atoms with E-state index in [1.54, 1.807) is 16.7 Å². The second-order valence-corrected chi connectivity index (χ2v) is 23.9. The van der Waals surface area contributed by atoms with Crippen LogP contribution in [0.2, 0.25) is 0 Å². The third-order valence-corrected chi connectivity index (χ3v) is 20.4. The lowest BCUT2D eigenvalue weighted by molar-refractivity contribution is 0.108. The van der Waals surface area contributed by atoms with Crippen molar-refractivity contribution < 1.29 is 0 Å². The van der Waals surface area contributed by atoms with Crippen molar-refractivity contribution in [1.29, 1.82) is 0 Å². The van der Waals surface area contributed by atoms with E-state index in [0.717, 1.165) is 53.8 Å². The van der Waals surface area contributed by atoms with Gasteiger partial charge in [0.25, 0.3) is 0 Å². The summed E-state index contributed by atoms with van der Waals surface area (Å²) >= 11 is 0. The van der Waals surface area contributed by atoms with Crippen molar-refractivity contribution in [3.8, 4) is 0 Å². The first-order valence-electron chi connectivity index (χ1n) is 27.2. The Balaban J connectivity index is 0.945. The van der Waals surface area contributed by atoms with E-state index in [1.165, 1.54) is 166 Å². The van der Waals surface area contributed by atoms with Gasteiger partial charge in [-0.15, -0.1) is 0 Å². The fraction of sp³-hybridized carbons (Fsp3) is 0.767. The monoisotopic (exact) mass is 826 g/mol. The van der Waals surface area contributed by atoms with Crippen molar-refractivity contribution in [1.82, 2.24) is 5.32 Å². The van der Waals surface area contributed by atoms with Gasteiger partial charge in [0.1, 0.15) is 0 Å². The van der Waals surface area contributed by atoms with Gasteiger partial charge in [-0.05, 0) is 198 Å². The van der Waals surface area contributed by atoms with Gasteiger partial charge in [-0.25, -0.2) is 0 Å². The van der Waals surface area contributed by atoms with E-state index in [1.807, 2.05) is 11.1 Å². The van der Waals surface area contributed by atoms with E-state index in [4.69, 9.17) is 19.7 Å². The van der Waals surface area contributed by atoms with Gasteiger partial charge in [-0.3, -0.25) is 0 Å². The van der Waals surface area contributed by atoms with Crippen LogP contribution in [0, 0.1) is 82.3 Å². The maximum absolute atomic E-state index is 5.19. The molecule has 1 saturated heterocycles. The van der Waals surface area contributed by atoms with Gasteiger partial charge in [0.05, 0.1) is 0 Å². The standard InChI is InChI=1S/C60H91N/c1-8-18-43(9-2)50-28-27-47(33-40(50)4)57-38-48(37-56(61-57)46-25-23-45(24-26-46)44-19-12-10-13-20-44)39(3)34-49(60(7)31-16-11-17-32-60)35-41(5)58-42(6)36-55-52-22-15-14-21-51(52)53-29-30-54(58)59(53)55/h12,19,25,27-28,42-45,47-54,56-58,61H,3-5,8-11,13-18,20-24,26,29-38H2,1-2,6-7H3/t42?,43?,44?,45?,47?,48-,49?,50?,51?,52?,53?,54?,56?,57?,58?/m0/s1. The Kier molecular flexibility index (Phi) is 14.0. The quantitative estimate of drug-likeness (QED) is 0.172. The summed E-state index contributed by atoms with van der Waals surface area (Å²) in [7, 11) is 0. The molecule has 0 amide bonds. The fourth-order valence-electron chi connectivity index (χ4n) is 17.1. The molecule has 0 aromatic carbocycles. The molecule has 0 radical (unpaired) electrons. The van der Waals surface area contributed by atoms with Crippen LogP contribution in [0.3, 0.4) is 0 Å². The highest BCUT2D eigenvalue weighted by Crippen LogP contribution is 2.64. The summed E-state index contributed by atoms with van der Waals surface area (Å²) in [6.07, 6.45) is 48.3. The summed E-state index contributed by atoms with van der Waals surface area (Å²) < 4.78 is 0. The number of rotatable bonds is 14. The highest BCUT2D eigenvalue weighted by Gasteiger charge is 2.54. The molecule has 9 rings (SSSR count). The van der Waals surface area contributed by atoms with Gasteiger partial charge in [-0.2, -0.15) is 0 Å². The SMILES string of the molecule is C=C1CC(C2C[C@@H](C(=C)CC(CC(=C)C3C(C)CC4=C5C(CCC53)C3CCCCC43)C3(C)CCCCC3)CC(C3=CCC(C4C=CCCC4)CC3)N2)C=CC1C(CC)CCC. The number of nitrogens with one attached hydrogen (secondary N) is 1. The zero-order valence-electron chi connectivity index (χ0n) is 40.1. The van der Waals surface area contributed by atoms with Crippen LogP contribution in [0.25, 0.3) is 0 Å². The Morgan fingerprint density at radius 2 is 1.62 bits per heavy atom. The van der Waals surface area contributed by atoms with Gasteiger partial charge >= 0.3 is 0 Å². The van der Waals surface area contributed by atoms with Crippen molar-refractivity contribution in [3.05, 3.63) is 83.6 Å². The first kappa shape index (κ1) is 44.3. The summed E-state index contributed by atoms with van der Waals surface area (Å²) in [4.78, 5) is 0. The Morgan fingerprint density at radius 3 is 2.36 bits per heavy atom. The summed E-state index contributed by atoms with van der Waals surface area (Å²) in [5, 5.41) is 4.40. The lowest BCUT2D eigenvalue weighted by Crippen LogP contribution is -2.51. The molecule has 0 aromatic rings. The van der Waals surface area contributed by atoms with Crippen LogP contribution in [0.15, 0.2) is 83.6 Å². The predicted octanol–water partition coefficient (Wildman–Crippen LogP) is 16.7. The van der Waals surface area contributed by atoms with Gasteiger partial charge in [0, 0.05) is 18.0 Å². The molecular weight excluding hydrogens is 735 g/mol. The lowest BCUT2D eigenvalue weighted by Gasteiger charge is -2.47. The number of hydrogen-bond acceptors (Lipinski definition) is 1. The highest BCUT2D eigenvalue weighted by atomic mass is 15.0. The van der Waals surface area contributed by atoms with E-state index >= 15 is 0 Å². The molecule has 1 heteroatoms. The third kappa shape index (κ3) is 9.07. The largest absolute Gasteiger partial charge is 0.307 e. The average Bonchev–Trinajstić information content (AvgIpc) is 3.86. The molecular formula is C60H91N. The van der Waals surface area contributed by atoms with Crippen LogP contribution in [0.4, 0.5) is 0 Å². The summed E-state index contributed by atoms with van der Waals surface area (Å²) in [6.45, 7) is 25.3. The van der Waals surface area contributed by atoms with Crippen LogP contribution in [-0.4, -0.2) is 12.1 Å². The van der Waals surface area contributed by atoms with E-state index in [-0.39, 0.29) is 0 Å². The van der Waals surface area contributed by atoms with E-state index < -0.39 is 0 Å². The maximum Gasteiger partial charge on any atom is 0.0287 e. The van der Waals surface area contributed by atoms with Gasteiger partial charge in [0.2, 0.25) is 0 Å². The molecule has 1 nitrogen and oxygen atoms in total. The molecule has 8 aliphatic carbocycles. The fourth-order valence-corrected chi connectivity index (χ4v) is 17.1. The Morgan fingerprint density at radius 1 is 0.820 bits per heavy atom. The minimum Gasteiger partial charge on any atom is -0.307 e. The minimum atomic E-state index is 0.403. The van der Waals surface area contributed by atoms with Crippen LogP contribution in [-0.2, 0) is 0 Å². The first-order chi connectivity index (χ1) is 29.7. The summed E-state index contributed by atoms with van der Waals surface area (Å²) in [6, 6.07) is 0.983.